The lowest BCUT2D eigenvalue weighted by atomic mass is 9.78. The van der Waals surface area contributed by atoms with Gasteiger partial charge in [-0.1, -0.05) is 24.3 Å². The van der Waals surface area contributed by atoms with Crippen LogP contribution >= 0.6 is 0 Å². The number of halogens is 1. The van der Waals surface area contributed by atoms with E-state index in [-0.39, 0.29) is 29.7 Å². The highest BCUT2D eigenvalue weighted by Gasteiger charge is 2.44. The smallest absolute Gasteiger partial charge is 0.242 e. The number of para-hydroxylation sites is 1. The number of carbonyl (C=O) groups excluding carboxylic acids is 1. The van der Waals surface area contributed by atoms with Gasteiger partial charge >= 0.3 is 0 Å². The first-order valence-corrected chi connectivity index (χ1v) is 10.9. The molecule has 31 heavy (non-hydrogen) atoms. The molecule has 4 atom stereocenters. The average molecular weight is 423 g/mol. The number of aliphatic hydroxyl groups is 1. The summed E-state index contributed by atoms with van der Waals surface area (Å²) in [5.74, 6) is 0.828. The summed E-state index contributed by atoms with van der Waals surface area (Å²) in [6, 6.07) is 14.8. The molecule has 1 N–H and O–H groups in total. The molecule has 6 heteroatoms. The Morgan fingerprint density at radius 2 is 1.87 bits per heavy atom. The SMILES string of the molecule is Cc1c(F)cccc1O[C@@H]1C[C@@H]2CN(C(=O)Cn3ccc4ccccc43)C[C@@H]2C[C@H]1O. The Labute approximate surface area is 181 Å². The van der Waals surface area contributed by atoms with Crippen molar-refractivity contribution >= 4 is 16.8 Å². The molecular formula is C25H27FN2O3. The lowest BCUT2D eigenvalue weighted by molar-refractivity contribution is -0.130. The van der Waals surface area contributed by atoms with Gasteiger partial charge in [-0.3, -0.25) is 4.79 Å². The van der Waals surface area contributed by atoms with Gasteiger partial charge in [0.1, 0.15) is 24.2 Å². The second-order valence-corrected chi connectivity index (χ2v) is 8.88. The van der Waals surface area contributed by atoms with E-state index in [2.05, 4.69) is 0 Å². The normalized spacial score (nSPS) is 25.6. The zero-order valence-corrected chi connectivity index (χ0v) is 17.6. The Hall–Kier alpha value is -2.86. The van der Waals surface area contributed by atoms with Crippen LogP contribution in [0.5, 0.6) is 5.75 Å². The molecule has 2 heterocycles. The molecule has 2 aliphatic rings. The van der Waals surface area contributed by atoms with E-state index in [9.17, 15) is 14.3 Å². The van der Waals surface area contributed by atoms with Crippen LogP contribution in [0.25, 0.3) is 10.9 Å². The summed E-state index contributed by atoms with van der Waals surface area (Å²) >= 11 is 0. The van der Waals surface area contributed by atoms with Crippen LogP contribution in [0.4, 0.5) is 4.39 Å². The minimum absolute atomic E-state index is 0.101. The van der Waals surface area contributed by atoms with Gasteiger partial charge in [-0.25, -0.2) is 4.39 Å². The fourth-order valence-corrected chi connectivity index (χ4v) is 5.12. The van der Waals surface area contributed by atoms with Gasteiger partial charge in [0.25, 0.3) is 0 Å². The van der Waals surface area contributed by atoms with Gasteiger partial charge in [-0.2, -0.15) is 0 Å². The number of benzene rings is 2. The van der Waals surface area contributed by atoms with E-state index in [1.165, 1.54) is 6.07 Å². The van der Waals surface area contributed by atoms with Crippen LogP contribution in [-0.2, 0) is 11.3 Å². The Bertz CT molecular complexity index is 1110. The van der Waals surface area contributed by atoms with Gasteiger partial charge in [-0.15, -0.1) is 0 Å². The maximum atomic E-state index is 13.8. The number of rotatable bonds is 4. The van der Waals surface area contributed by atoms with Crippen LogP contribution in [0.1, 0.15) is 18.4 Å². The Morgan fingerprint density at radius 3 is 2.71 bits per heavy atom. The van der Waals surface area contributed by atoms with Crippen LogP contribution in [-0.4, -0.2) is 45.8 Å². The van der Waals surface area contributed by atoms with Crippen LogP contribution in [0.3, 0.4) is 0 Å². The zero-order chi connectivity index (χ0) is 21.5. The van der Waals surface area contributed by atoms with Gasteiger partial charge in [0.05, 0.1) is 6.10 Å². The summed E-state index contributed by atoms with van der Waals surface area (Å²) in [5.41, 5.74) is 1.51. The first-order chi connectivity index (χ1) is 15.0. The molecule has 1 aliphatic heterocycles. The van der Waals surface area contributed by atoms with Crippen molar-refractivity contribution in [2.75, 3.05) is 13.1 Å². The molecule has 0 bridgehead atoms. The number of fused-ring (bicyclic) bond motifs is 2. The molecule has 1 aliphatic carbocycles. The molecule has 1 saturated carbocycles. The van der Waals surface area contributed by atoms with Crippen LogP contribution < -0.4 is 4.74 Å². The molecule has 5 rings (SSSR count). The molecular weight excluding hydrogens is 395 g/mol. The first kappa shape index (κ1) is 20.1. The molecule has 2 fully saturated rings. The summed E-state index contributed by atoms with van der Waals surface area (Å²) in [6.07, 6.45) is 2.22. The largest absolute Gasteiger partial charge is 0.487 e. The van der Waals surface area contributed by atoms with Crippen molar-refractivity contribution in [2.45, 2.75) is 38.5 Å². The summed E-state index contributed by atoms with van der Waals surface area (Å²) in [7, 11) is 0. The van der Waals surface area contributed by atoms with E-state index >= 15 is 0 Å². The second-order valence-electron chi connectivity index (χ2n) is 8.88. The maximum absolute atomic E-state index is 13.8. The molecule has 5 nitrogen and oxygen atoms in total. The molecule has 1 amide bonds. The third-order valence-electron chi connectivity index (χ3n) is 6.92. The van der Waals surface area contributed by atoms with Gasteiger partial charge in [-0.05, 0) is 61.3 Å². The van der Waals surface area contributed by atoms with Crippen molar-refractivity contribution in [3.05, 3.63) is 66.1 Å². The van der Waals surface area contributed by atoms with E-state index in [1.54, 1.807) is 19.1 Å². The van der Waals surface area contributed by atoms with Crippen molar-refractivity contribution in [1.29, 1.82) is 0 Å². The fourth-order valence-electron chi connectivity index (χ4n) is 5.12. The molecule has 2 aromatic carbocycles. The number of hydrogen-bond donors (Lipinski definition) is 1. The topological polar surface area (TPSA) is 54.7 Å². The highest BCUT2D eigenvalue weighted by Crippen LogP contribution is 2.38. The van der Waals surface area contributed by atoms with E-state index in [0.29, 0.717) is 43.8 Å². The summed E-state index contributed by atoms with van der Waals surface area (Å²) < 4.78 is 21.9. The predicted molar refractivity (Wildman–Crippen MR) is 116 cm³/mol. The molecule has 1 aromatic heterocycles. The lowest BCUT2D eigenvalue weighted by Crippen LogP contribution is -2.42. The number of likely N-dealkylation sites (tertiary alicyclic amines) is 1. The van der Waals surface area contributed by atoms with Gasteiger partial charge in [0.15, 0.2) is 0 Å². The summed E-state index contributed by atoms with van der Waals surface area (Å²) in [4.78, 5) is 14.9. The molecule has 1 saturated heterocycles. The van der Waals surface area contributed by atoms with Crippen LogP contribution in [0.15, 0.2) is 54.7 Å². The van der Waals surface area contributed by atoms with E-state index in [1.807, 2.05) is 46.0 Å². The van der Waals surface area contributed by atoms with Crippen molar-refractivity contribution in [3.63, 3.8) is 0 Å². The zero-order valence-electron chi connectivity index (χ0n) is 17.6. The molecule has 0 spiro atoms. The van der Waals surface area contributed by atoms with E-state index in [4.69, 9.17) is 4.74 Å². The lowest BCUT2D eigenvalue weighted by Gasteiger charge is -2.35. The quantitative estimate of drug-likeness (QED) is 0.697. The standard InChI is InChI=1S/C25H27FN2O3/c1-16-20(26)6-4-8-23(16)31-24-12-19-14-28(13-18(19)11-22(24)29)25(30)15-27-10-9-17-5-2-3-7-21(17)27/h2-10,18-19,22,24,29H,11-15H2,1H3/t18-,19+,22+,24+/m0/s1. The average Bonchev–Trinajstić information content (AvgIpc) is 3.36. The van der Waals surface area contributed by atoms with Crippen LogP contribution in [0, 0.1) is 24.6 Å². The monoisotopic (exact) mass is 422 g/mol. The number of amides is 1. The van der Waals surface area contributed by atoms with E-state index in [0.717, 1.165) is 10.9 Å². The van der Waals surface area contributed by atoms with Gasteiger partial charge in [0, 0.05) is 30.4 Å². The predicted octanol–water partition coefficient (Wildman–Crippen LogP) is 3.77. The van der Waals surface area contributed by atoms with Crippen molar-refractivity contribution in [1.82, 2.24) is 9.47 Å². The maximum Gasteiger partial charge on any atom is 0.242 e. The fraction of sp³-hybridized carbons (Fsp3) is 0.400. The van der Waals surface area contributed by atoms with Crippen molar-refractivity contribution in [3.8, 4) is 5.75 Å². The van der Waals surface area contributed by atoms with Crippen molar-refractivity contribution < 1.29 is 19.0 Å². The van der Waals surface area contributed by atoms with Crippen LogP contribution in [0.2, 0.25) is 0 Å². The number of hydrogen-bond acceptors (Lipinski definition) is 3. The Balaban J connectivity index is 1.25. The third-order valence-corrected chi connectivity index (χ3v) is 6.92. The highest BCUT2D eigenvalue weighted by atomic mass is 19.1. The number of aromatic nitrogens is 1. The summed E-state index contributed by atoms with van der Waals surface area (Å²) in [5, 5.41) is 11.8. The first-order valence-electron chi connectivity index (χ1n) is 10.9. The van der Waals surface area contributed by atoms with E-state index < -0.39 is 6.10 Å². The minimum atomic E-state index is -0.618. The van der Waals surface area contributed by atoms with Gasteiger partial charge in [0.2, 0.25) is 5.91 Å². The molecule has 162 valence electrons. The third kappa shape index (κ3) is 3.81. The Kier molecular flexibility index (Phi) is 5.18. The van der Waals surface area contributed by atoms with Crippen molar-refractivity contribution in [2.24, 2.45) is 11.8 Å². The number of carbonyl (C=O) groups is 1. The highest BCUT2D eigenvalue weighted by molar-refractivity contribution is 5.83. The second kappa shape index (κ2) is 8.00. The molecule has 3 aromatic rings. The van der Waals surface area contributed by atoms with Gasteiger partial charge < -0.3 is 19.3 Å². The number of aliphatic hydroxyl groups excluding tert-OH is 1. The number of nitrogens with zero attached hydrogens (tertiary/aromatic N) is 2. The molecule has 0 unspecified atom stereocenters. The Morgan fingerprint density at radius 1 is 1.10 bits per heavy atom. The summed E-state index contributed by atoms with van der Waals surface area (Å²) in [6.45, 7) is 3.35. The minimum Gasteiger partial charge on any atom is -0.487 e. The number of ether oxygens (including phenoxy) is 1. The molecule has 0 radical (unpaired) electrons.